The molecule has 1 atom stereocenters. The van der Waals surface area contributed by atoms with E-state index in [4.69, 9.17) is 5.73 Å². The summed E-state index contributed by atoms with van der Waals surface area (Å²) >= 11 is 0. The molecular formula is C15H19N. The van der Waals surface area contributed by atoms with E-state index < -0.39 is 0 Å². The first-order valence-electron chi connectivity index (χ1n) is 5.83. The van der Waals surface area contributed by atoms with Crippen molar-refractivity contribution in [1.82, 2.24) is 0 Å². The van der Waals surface area contributed by atoms with Crippen LogP contribution in [0.2, 0.25) is 0 Å². The molecule has 2 N–H and O–H groups in total. The van der Waals surface area contributed by atoms with Crippen LogP contribution in [-0.4, -0.2) is 6.04 Å². The van der Waals surface area contributed by atoms with E-state index in [-0.39, 0.29) is 6.04 Å². The lowest BCUT2D eigenvalue weighted by atomic mass is 9.92. The summed E-state index contributed by atoms with van der Waals surface area (Å²) in [6.45, 7) is 6.43. The molecule has 0 saturated heterocycles. The first-order chi connectivity index (χ1) is 7.59. The molecule has 0 aliphatic heterocycles. The average molecular weight is 213 g/mol. The van der Waals surface area contributed by atoms with Crippen LogP contribution in [0, 0.1) is 13.8 Å². The molecule has 0 spiro atoms. The molecule has 0 aliphatic rings. The van der Waals surface area contributed by atoms with Crippen molar-refractivity contribution >= 4 is 10.8 Å². The molecule has 0 saturated carbocycles. The second-order valence-corrected chi connectivity index (χ2v) is 4.70. The van der Waals surface area contributed by atoms with Crippen LogP contribution in [0.3, 0.4) is 0 Å². The zero-order chi connectivity index (χ0) is 11.7. The number of benzene rings is 2. The van der Waals surface area contributed by atoms with Gasteiger partial charge in [0.2, 0.25) is 0 Å². The van der Waals surface area contributed by atoms with Gasteiger partial charge in [-0.2, -0.15) is 0 Å². The van der Waals surface area contributed by atoms with Gasteiger partial charge in [-0.05, 0) is 54.7 Å². The van der Waals surface area contributed by atoms with Crippen molar-refractivity contribution in [2.75, 3.05) is 0 Å². The number of fused-ring (bicyclic) bond motifs is 1. The van der Waals surface area contributed by atoms with E-state index in [1.807, 2.05) is 0 Å². The fourth-order valence-electron chi connectivity index (χ4n) is 2.26. The highest BCUT2D eigenvalue weighted by Gasteiger charge is 2.08. The van der Waals surface area contributed by atoms with Gasteiger partial charge in [-0.1, -0.05) is 30.3 Å². The van der Waals surface area contributed by atoms with Gasteiger partial charge in [-0.25, -0.2) is 0 Å². The van der Waals surface area contributed by atoms with Crippen LogP contribution >= 0.6 is 0 Å². The van der Waals surface area contributed by atoms with Crippen LogP contribution in [-0.2, 0) is 6.42 Å². The van der Waals surface area contributed by atoms with Crippen molar-refractivity contribution in [2.45, 2.75) is 33.2 Å². The summed E-state index contributed by atoms with van der Waals surface area (Å²) < 4.78 is 0. The summed E-state index contributed by atoms with van der Waals surface area (Å²) in [6.07, 6.45) is 0.952. The molecule has 1 nitrogen and oxygen atoms in total. The third kappa shape index (κ3) is 1.96. The van der Waals surface area contributed by atoms with Crippen LogP contribution in [0.25, 0.3) is 10.8 Å². The van der Waals surface area contributed by atoms with Crippen molar-refractivity contribution in [3.63, 3.8) is 0 Å². The van der Waals surface area contributed by atoms with E-state index in [2.05, 4.69) is 51.1 Å². The van der Waals surface area contributed by atoms with Crippen molar-refractivity contribution < 1.29 is 0 Å². The lowest BCUT2D eigenvalue weighted by molar-refractivity contribution is 0.738. The summed E-state index contributed by atoms with van der Waals surface area (Å²) in [5, 5.41) is 2.67. The zero-order valence-corrected chi connectivity index (χ0v) is 10.2. The summed E-state index contributed by atoms with van der Waals surface area (Å²) in [5.74, 6) is 0. The highest BCUT2D eigenvalue weighted by atomic mass is 14.6. The Balaban J connectivity index is 2.71. The van der Waals surface area contributed by atoms with E-state index in [0.29, 0.717) is 0 Å². The maximum Gasteiger partial charge on any atom is 0.00512 e. The summed E-state index contributed by atoms with van der Waals surface area (Å²) in [6, 6.07) is 11.0. The SMILES string of the molecule is Cc1cc2ccccc2c(CC(C)N)c1C. The minimum atomic E-state index is 0.212. The quantitative estimate of drug-likeness (QED) is 0.813. The van der Waals surface area contributed by atoms with Gasteiger partial charge in [0.15, 0.2) is 0 Å². The van der Waals surface area contributed by atoms with Crippen molar-refractivity contribution in [3.05, 3.63) is 47.0 Å². The standard InChI is InChI=1S/C15H19N/c1-10-8-13-6-4-5-7-14(13)15(12(10)3)9-11(2)16/h4-8,11H,9,16H2,1-3H3. The van der Waals surface area contributed by atoms with E-state index in [9.17, 15) is 0 Å². The first-order valence-corrected chi connectivity index (χ1v) is 5.83. The molecule has 0 bridgehead atoms. The number of hydrogen-bond acceptors (Lipinski definition) is 1. The van der Waals surface area contributed by atoms with Crippen LogP contribution in [0.4, 0.5) is 0 Å². The second-order valence-electron chi connectivity index (χ2n) is 4.70. The molecule has 0 radical (unpaired) electrons. The van der Waals surface area contributed by atoms with E-state index in [1.54, 1.807) is 0 Å². The van der Waals surface area contributed by atoms with Gasteiger partial charge in [0.25, 0.3) is 0 Å². The van der Waals surface area contributed by atoms with Gasteiger partial charge >= 0.3 is 0 Å². The molecule has 2 rings (SSSR count). The number of nitrogens with two attached hydrogens (primary N) is 1. The molecule has 2 aromatic rings. The first kappa shape index (κ1) is 11.2. The van der Waals surface area contributed by atoms with Gasteiger partial charge in [0, 0.05) is 6.04 Å². The second kappa shape index (κ2) is 4.26. The Morgan fingerprint density at radius 3 is 2.56 bits per heavy atom. The van der Waals surface area contributed by atoms with Crippen LogP contribution in [0.1, 0.15) is 23.6 Å². The normalized spacial score (nSPS) is 13.0. The third-order valence-electron chi connectivity index (χ3n) is 3.23. The fraction of sp³-hybridized carbons (Fsp3) is 0.333. The number of hydrogen-bond donors (Lipinski definition) is 1. The van der Waals surface area contributed by atoms with E-state index >= 15 is 0 Å². The van der Waals surface area contributed by atoms with Crippen LogP contribution in [0.15, 0.2) is 30.3 Å². The Morgan fingerprint density at radius 2 is 1.88 bits per heavy atom. The minimum Gasteiger partial charge on any atom is -0.328 e. The van der Waals surface area contributed by atoms with Gasteiger partial charge in [-0.15, -0.1) is 0 Å². The topological polar surface area (TPSA) is 26.0 Å². The van der Waals surface area contributed by atoms with Crippen molar-refractivity contribution in [1.29, 1.82) is 0 Å². The third-order valence-corrected chi connectivity index (χ3v) is 3.23. The maximum atomic E-state index is 5.93. The summed E-state index contributed by atoms with van der Waals surface area (Å²) in [4.78, 5) is 0. The maximum absolute atomic E-state index is 5.93. The van der Waals surface area contributed by atoms with Gasteiger partial charge in [-0.3, -0.25) is 0 Å². The zero-order valence-electron chi connectivity index (χ0n) is 10.2. The Bertz CT molecular complexity index is 512. The Hall–Kier alpha value is -1.34. The average Bonchev–Trinajstić information content (AvgIpc) is 2.24. The molecule has 1 heteroatoms. The molecule has 0 fully saturated rings. The van der Waals surface area contributed by atoms with Gasteiger partial charge in [0.1, 0.15) is 0 Å². The van der Waals surface area contributed by atoms with Gasteiger partial charge < -0.3 is 5.73 Å². The molecule has 0 heterocycles. The number of aryl methyl sites for hydroxylation is 1. The molecule has 1 unspecified atom stereocenters. The lowest BCUT2D eigenvalue weighted by Crippen LogP contribution is -2.18. The highest BCUT2D eigenvalue weighted by molar-refractivity contribution is 5.87. The highest BCUT2D eigenvalue weighted by Crippen LogP contribution is 2.26. The summed E-state index contributed by atoms with van der Waals surface area (Å²) in [5.41, 5.74) is 10.1. The van der Waals surface area contributed by atoms with Gasteiger partial charge in [0.05, 0.1) is 0 Å². The van der Waals surface area contributed by atoms with Crippen LogP contribution < -0.4 is 5.73 Å². The van der Waals surface area contributed by atoms with E-state index in [1.165, 1.54) is 27.5 Å². The Kier molecular flexibility index (Phi) is 2.97. The summed E-state index contributed by atoms with van der Waals surface area (Å²) in [7, 11) is 0. The monoisotopic (exact) mass is 213 g/mol. The Labute approximate surface area is 97.3 Å². The van der Waals surface area contributed by atoms with E-state index in [0.717, 1.165) is 6.42 Å². The molecule has 0 amide bonds. The lowest BCUT2D eigenvalue weighted by Gasteiger charge is -2.15. The molecule has 84 valence electrons. The number of rotatable bonds is 2. The van der Waals surface area contributed by atoms with Crippen molar-refractivity contribution in [2.24, 2.45) is 5.73 Å². The molecule has 0 aliphatic carbocycles. The molecule has 16 heavy (non-hydrogen) atoms. The molecule has 2 aromatic carbocycles. The van der Waals surface area contributed by atoms with Crippen LogP contribution in [0.5, 0.6) is 0 Å². The minimum absolute atomic E-state index is 0.212. The molecule has 0 aromatic heterocycles. The fourth-order valence-corrected chi connectivity index (χ4v) is 2.26. The predicted molar refractivity (Wildman–Crippen MR) is 70.8 cm³/mol. The smallest absolute Gasteiger partial charge is 0.00512 e. The largest absolute Gasteiger partial charge is 0.328 e. The predicted octanol–water partition coefficient (Wildman–Crippen LogP) is 3.35. The Morgan fingerprint density at radius 1 is 1.19 bits per heavy atom. The molecular weight excluding hydrogens is 194 g/mol. The van der Waals surface area contributed by atoms with Crippen molar-refractivity contribution in [3.8, 4) is 0 Å².